The maximum atomic E-state index is 4.05. The van der Waals surface area contributed by atoms with E-state index in [1.54, 1.807) is 6.20 Å². The van der Waals surface area contributed by atoms with Gasteiger partial charge in [-0.1, -0.05) is 44.2 Å². The van der Waals surface area contributed by atoms with Crippen molar-refractivity contribution in [3.8, 4) is 0 Å². The predicted molar refractivity (Wildman–Crippen MR) is 75.5 cm³/mol. The maximum absolute atomic E-state index is 4.05. The second kappa shape index (κ2) is 5.67. The van der Waals surface area contributed by atoms with Gasteiger partial charge in [-0.2, -0.15) is 0 Å². The Kier molecular flexibility index (Phi) is 3.98. The molecule has 1 heterocycles. The molecule has 0 N–H and O–H groups in total. The van der Waals surface area contributed by atoms with Crippen LogP contribution in [-0.2, 0) is 6.54 Å². The van der Waals surface area contributed by atoms with E-state index in [0.29, 0.717) is 11.8 Å². The van der Waals surface area contributed by atoms with Gasteiger partial charge in [0, 0.05) is 24.9 Å². The zero-order valence-electron chi connectivity index (χ0n) is 11.1. The van der Waals surface area contributed by atoms with Gasteiger partial charge in [-0.05, 0) is 17.0 Å². The minimum absolute atomic E-state index is 0.437. The van der Waals surface area contributed by atoms with Crippen LogP contribution in [0.15, 0.2) is 55.6 Å². The summed E-state index contributed by atoms with van der Waals surface area (Å²) in [5.74, 6) is 1.02. The number of allylic oxidation sites excluding steroid dienone is 1. The summed E-state index contributed by atoms with van der Waals surface area (Å²) in [6, 6.07) is 8.79. The summed E-state index contributed by atoms with van der Waals surface area (Å²) >= 11 is 0. The first-order valence-electron chi connectivity index (χ1n) is 6.38. The van der Waals surface area contributed by atoms with Gasteiger partial charge < -0.3 is 4.57 Å². The van der Waals surface area contributed by atoms with Crippen LogP contribution >= 0.6 is 0 Å². The normalized spacial score (nSPS) is 12.6. The highest BCUT2D eigenvalue weighted by Crippen LogP contribution is 2.25. The fourth-order valence-corrected chi connectivity index (χ4v) is 2.23. The monoisotopic (exact) mass is 240 g/mol. The zero-order valence-corrected chi connectivity index (χ0v) is 11.1. The smallest absolute Gasteiger partial charge is 0.0949 e. The van der Waals surface area contributed by atoms with Crippen LogP contribution in [0.4, 0.5) is 0 Å². The molecule has 1 aromatic carbocycles. The Morgan fingerprint density at radius 2 is 2.00 bits per heavy atom. The highest BCUT2D eigenvalue weighted by molar-refractivity contribution is 5.28. The van der Waals surface area contributed by atoms with Gasteiger partial charge in [0.1, 0.15) is 0 Å². The van der Waals surface area contributed by atoms with E-state index in [1.165, 1.54) is 11.1 Å². The van der Waals surface area contributed by atoms with E-state index in [0.717, 1.165) is 6.54 Å². The van der Waals surface area contributed by atoms with Gasteiger partial charge in [0.15, 0.2) is 0 Å². The van der Waals surface area contributed by atoms with E-state index in [1.807, 2.05) is 18.6 Å². The number of rotatable bonds is 5. The van der Waals surface area contributed by atoms with E-state index in [4.69, 9.17) is 0 Å². The fourth-order valence-electron chi connectivity index (χ4n) is 2.23. The van der Waals surface area contributed by atoms with E-state index >= 15 is 0 Å². The van der Waals surface area contributed by atoms with Crippen LogP contribution in [0.3, 0.4) is 0 Å². The number of nitrogens with zero attached hydrogens (tertiary/aromatic N) is 2. The molecule has 0 radical (unpaired) electrons. The first-order valence-corrected chi connectivity index (χ1v) is 6.38. The van der Waals surface area contributed by atoms with Gasteiger partial charge in [-0.3, -0.25) is 0 Å². The lowest BCUT2D eigenvalue weighted by molar-refractivity contribution is 0.579. The van der Waals surface area contributed by atoms with E-state index in [-0.39, 0.29) is 0 Å². The van der Waals surface area contributed by atoms with Crippen LogP contribution in [-0.4, -0.2) is 9.55 Å². The van der Waals surface area contributed by atoms with Gasteiger partial charge in [0.25, 0.3) is 0 Å². The standard InChI is InChI=1S/C16H20N2/c1-4-16(13(2)3)15-7-5-14(6-8-15)11-18-10-9-17-12-18/h4-10,12-13,16H,1,11H2,2-3H3. The maximum Gasteiger partial charge on any atom is 0.0949 e. The molecule has 2 aromatic rings. The van der Waals surface area contributed by atoms with Gasteiger partial charge >= 0.3 is 0 Å². The van der Waals surface area contributed by atoms with Crippen molar-refractivity contribution in [2.45, 2.75) is 26.3 Å². The van der Waals surface area contributed by atoms with Gasteiger partial charge in [0.2, 0.25) is 0 Å². The lowest BCUT2D eigenvalue weighted by Crippen LogP contribution is -2.04. The third-order valence-electron chi connectivity index (χ3n) is 3.26. The summed E-state index contributed by atoms with van der Waals surface area (Å²) in [6.07, 6.45) is 7.67. The van der Waals surface area contributed by atoms with Gasteiger partial charge in [-0.15, -0.1) is 6.58 Å². The van der Waals surface area contributed by atoms with Gasteiger partial charge in [-0.25, -0.2) is 4.98 Å². The average molecular weight is 240 g/mol. The van der Waals surface area contributed by atoms with Crippen LogP contribution in [0.2, 0.25) is 0 Å². The van der Waals surface area contributed by atoms with Crippen LogP contribution in [0.5, 0.6) is 0 Å². The lowest BCUT2D eigenvalue weighted by atomic mass is 9.88. The third kappa shape index (κ3) is 2.89. The first kappa shape index (κ1) is 12.6. The molecular formula is C16H20N2. The highest BCUT2D eigenvalue weighted by atomic mass is 15.0. The van der Waals surface area contributed by atoms with Crippen LogP contribution in [0, 0.1) is 5.92 Å². The number of aromatic nitrogens is 2. The third-order valence-corrected chi connectivity index (χ3v) is 3.26. The minimum atomic E-state index is 0.437. The minimum Gasteiger partial charge on any atom is -0.333 e. The Labute approximate surface area is 109 Å². The molecule has 94 valence electrons. The van der Waals surface area contributed by atoms with Crippen molar-refractivity contribution < 1.29 is 0 Å². The molecule has 1 aromatic heterocycles. The zero-order chi connectivity index (χ0) is 13.0. The first-order chi connectivity index (χ1) is 8.70. The summed E-state index contributed by atoms with van der Waals surface area (Å²) in [6.45, 7) is 9.26. The fraction of sp³-hybridized carbons (Fsp3) is 0.312. The molecular weight excluding hydrogens is 220 g/mol. The van der Waals surface area contributed by atoms with E-state index < -0.39 is 0 Å². The second-order valence-corrected chi connectivity index (χ2v) is 4.98. The Morgan fingerprint density at radius 1 is 1.28 bits per heavy atom. The molecule has 0 spiro atoms. The Balaban J connectivity index is 2.12. The van der Waals surface area contributed by atoms with Gasteiger partial charge in [0.05, 0.1) is 6.33 Å². The quantitative estimate of drug-likeness (QED) is 0.726. The van der Waals surface area contributed by atoms with Crippen LogP contribution in [0.25, 0.3) is 0 Å². The summed E-state index contributed by atoms with van der Waals surface area (Å²) in [5, 5.41) is 0. The molecule has 0 aliphatic carbocycles. The Bertz CT molecular complexity index is 480. The Morgan fingerprint density at radius 3 is 2.50 bits per heavy atom. The van der Waals surface area contributed by atoms with Crippen molar-refractivity contribution in [1.29, 1.82) is 0 Å². The van der Waals surface area contributed by atoms with Crippen molar-refractivity contribution >= 4 is 0 Å². The summed E-state index contributed by atoms with van der Waals surface area (Å²) < 4.78 is 2.07. The largest absolute Gasteiger partial charge is 0.333 e. The van der Waals surface area contributed by atoms with Crippen molar-refractivity contribution in [1.82, 2.24) is 9.55 Å². The molecule has 2 rings (SSSR count). The summed E-state index contributed by atoms with van der Waals surface area (Å²) in [5.41, 5.74) is 2.64. The van der Waals surface area contributed by atoms with Crippen molar-refractivity contribution in [2.75, 3.05) is 0 Å². The molecule has 0 saturated carbocycles. The molecule has 1 atom stereocenters. The second-order valence-electron chi connectivity index (χ2n) is 4.98. The molecule has 0 amide bonds. The topological polar surface area (TPSA) is 17.8 Å². The van der Waals surface area contributed by atoms with Crippen molar-refractivity contribution in [3.63, 3.8) is 0 Å². The molecule has 0 bridgehead atoms. The van der Waals surface area contributed by atoms with Crippen LogP contribution < -0.4 is 0 Å². The number of hydrogen-bond acceptors (Lipinski definition) is 1. The summed E-state index contributed by atoms with van der Waals surface area (Å²) in [4.78, 5) is 4.05. The molecule has 0 fully saturated rings. The predicted octanol–water partition coefficient (Wildman–Crippen LogP) is 3.86. The molecule has 0 aliphatic rings. The molecule has 18 heavy (non-hydrogen) atoms. The molecule has 0 saturated heterocycles. The molecule has 0 aliphatic heterocycles. The molecule has 2 nitrogen and oxygen atoms in total. The highest BCUT2D eigenvalue weighted by Gasteiger charge is 2.11. The van der Waals surface area contributed by atoms with E-state index in [9.17, 15) is 0 Å². The SMILES string of the molecule is C=CC(c1ccc(Cn2ccnc2)cc1)C(C)C. The van der Waals surface area contributed by atoms with Crippen molar-refractivity contribution in [3.05, 3.63) is 66.8 Å². The summed E-state index contributed by atoms with van der Waals surface area (Å²) in [7, 11) is 0. The molecule has 1 unspecified atom stereocenters. The van der Waals surface area contributed by atoms with E-state index in [2.05, 4.69) is 54.2 Å². The number of imidazole rings is 1. The van der Waals surface area contributed by atoms with Crippen LogP contribution in [0.1, 0.15) is 30.9 Å². The Hall–Kier alpha value is -1.83. The lowest BCUT2D eigenvalue weighted by Gasteiger charge is -2.17. The number of benzene rings is 1. The van der Waals surface area contributed by atoms with Crippen molar-refractivity contribution in [2.24, 2.45) is 5.92 Å². The average Bonchev–Trinajstić information content (AvgIpc) is 2.84. The number of hydrogen-bond donors (Lipinski definition) is 0. The molecule has 2 heteroatoms.